The topological polar surface area (TPSA) is 84.0 Å². The van der Waals surface area contributed by atoms with Crippen LogP contribution in [0.5, 0.6) is 0 Å². The Morgan fingerprint density at radius 3 is 1.36 bits per heavy atom. The van der Waals surface area contributed by atoms with E-state index in [9.17, 15) is 16.8 Å². The van der Waals surface area contributed by atoms with Crippen molar-refractivity contribution in [2.75, 3.05) is 26.2 Å². The van der Waals surface area contributed by atoms with Crippen LogP contribution in [0, 0.1) is 82.9 Å². The van der Waals surface area contributed by atoms with Gasteiger partial charge in [-0.2, -0.15) is 8.61 Å². The van der Waals surface area contributed by atoms with Crippen molar-refractivity contribution < 1.29 is 21.6 Å². The van der Waals surface area contributed by atoms with Crippen molar-refractivity contribution in [1.29, 1.82) is 0 Å². The minimum absolute atomic E-state index is 0.206. The van der Waals surface area contributed by atoms with Crippen molar-refractivity contribution in [1.82, 2.24) is 8.61 Å². The van der Waals surface area contributed by atoms with Crippen LogP contribution in [0.1, 0.15) is 26.7 Å². The Morgan fingerprint density at radius 1 is 0.568 bits per heavy atom. The van der Waals surface area contributed by atoms with E-state index < -0.39 is 25.8 Å². The lowest BCUT2D eigenvalue weighted by molar-refractivity contribution is -0.0806. The van der Waals surface area contributed by atoms with Crippen LogP contribution in [0.15, 0.2) is 70.5 Å². The van der Waals surface area contributed by atoms with Gasteiger partial charge in [-0.25, -0.2) is 16.8 Å². The molecule has 2 aliphatic rings. The molecule has 0 radical (unpaired) electrons. The molecule has 2 heterocycles. The molecule has 44 heavy (non-hydrogen) atoms. The van der Waals surface area contributed by atoms with Crippen molar-refractivity contribution >= 4 is 20.0 Å². The predicted molar refractivity (Wildman–Crippen MR) is 169 cm³/mol. The van der Waals surface area contributed by atoms with Crippen molar-refractivity contribution in [3.05, 3.63) is 60.7 Å². The lowest BCUT2D eigenvalue weighted by atomic mass is 10.0. The third-order valence-electron chi connectivity index (χ3n) is 6.27. The molecule has 0 aliphatic carbocycles. The Bertz CT molecular complexity index is 1930. The second kappa shape index (κ2) is 16.7. The summed E-state index contributed by atoms with van der Waals surface area (Å²) in [6.45, 7) is 4.40. The van der Waals surface area contributed by atoms with Gasteiger partial charge < -0.3 is 4.74 Å². The zero-order valence-corrected chi connectivity index (χ0v) is 25.9. The van der Waals surface area contributed by atoms with Gasteiger partial charge in [0.05, 0.1) is 16.4 Å². The Morgan fingerprint density at radius 2 is 0.955 bits per heavy atom. The SMILES string of the molecule is CC#CC#CC#CC#CC#CC#CC#CC.O=S(=O)(c1ccccc1)N1CCC2(CC1)OCCN2S(=O)(=O)c1ccccc1. The summed E-state index contributed by atoms with van der Waals surface area (Å²) in [5.41, 5.74) is -0.989. The Kier molecular flexibility index (Phi) is 12.8. The third kappa shape index (κ3) is 9.07. The Balaban J connectivity index is 0.000000284. The number of hydrogen-bond acceptors (Lipinski definition) is 5. The zero-order chi connectivity index (χ0) is 31.7. The van der Waals surface area contributed by atoms with Crippen LogP contribution in [0.4, 0.5) is 0 Å². The lowest BCUT2D eigenvalue weighted by Gasteiger charge is -2.42. The molecule has 0 bridgehead atoms. The van der Waals surface area contributed by atoms with Crippen molar-refractivity contribution in [3.63, 3.8) is 0 Å². The fraction of sp³-hybridized carbons (Fsp3) is 0.257. The highest BCUT2D eigenvalue weighted by molar-refractivity contribution is 7.89. The standard InChI is InChI=1S/C19H22N2O5S2.C16H6/c22-27(23,17-7-3-1-4-8-17)20-13-11-19(12-14-20)21(15-16-26-19)28(24,25)18-9-5-2-6-10-18;1-3-5-7-9-11-13-15-16-14-12-10-8-6-4-2/h1-10H,11-16H2;1-2H3. The van der Waals surface area contributed by atoms with Crippen LogP contribution in [-0.2, 0) is 24.8 Å². The van der Waals surface area contributed by atoms with Gasteiger partial charge in [-0.1, -0.05) is 48.2 Å². The van der Waals surface area contributed by atoms with Gasteiger partial charge in [0.1, 0.15) is 5.72 Å². The fourth-order valence-electron chi connectivity index (χ4n) is 4.30. The molecule has 4 rings (SSSR count). The molecule has 0 unspecified atom stereocenters. The van der Waals surface area contributed by atoms with Gasteiger partial charge in [-0.05, 0) is 109 Å². The molecule has 2 aromatic rings. The van der Waals surface area contributed by atoms with E-state index in [0.29, 0.717) is 19.4 Å². The van der Waals surface area contributed by atoms with Crippen LogP contribution >= 0.6 is 0 Å². The number of ether oxygens (including phenoxy) is 1. The second-order valence-electron chi connectivity index (χ2n) is 8.90. The highest BCUT2D eigenvalue weighted by Crippen LogP contribution is 2.39. The van der Waals surface area contributed by atoms with E-state index in [0.717, 1.165) is 0 Å². The maximum absolute atomic E-state index is 13.1. The van der Waals surface area contributed by atoms with Gasteiger partial charge in [-0.15, -0.1) is 0 Å². The summed E-state index contributed by atoms with van der Waals surface area (Å²) >= 11 is 0. The molecule has 2 saturated heterocycles. The van der Waals surface area contributed by atoms with E-state index in [4.69, 9.17) is 4.74 Å². The average Bonchev–Trinajstić information content (AvgIpc) is 3.46. The minimum atomic E-state index is -3.71. The molecule has 0 atom stereocenters. The van der Waals surface area contributed by atoms with Gasteiger partial charge in [0.15, 0.2) is 0 Å². The number of hydrogen-bond donors (Lipinski definition) is 0. The molecule has 1 spiro atoms. The molecular formula is C35H28N2O5S2. The first-order valence-electron chi connectivity index (χ1n) is 13.4. The maximum Gasteiger partial charge on any atom is 0.245 e. The zero-order valence-electron chi connectivity index (χ0n) is 24.3. The molecule has 0 aromatic heterocycles. The first-order chi connectivity index (χ1) is 21.3. The van der Waals surface area contributed by atoms with Gasteiger partial charge in [0.25, 0.3) is 0 Å². The largest absolute Gasteiger partial charge is 0.358 e. The van der Waals surface area contributed by atoms with Crippen LogP contribution in [-0.4, -0.2) is 57.4 Å². The first kappa shape index (κ1) is 33.6. The second-order valence-corrected chi connectivity index (χ2v) is 12.7. The quantitative estimate of drug-likeness (QED) is 0.491. The van der Waals surface area contributed by atoms with E-state index in [2.05, 4.69) is 82.9 Å². The number of sulfonamides is 2. The van der Waals surface area contributed by atoms with Crippen molar-refractivity contribution in [2.45, 2.75) is 42.2 Å². The highest BCUT2D eigenvalue weighted by Gasteiger charge is 2.51. The number of benzene rings is 2. The minimum Gasteiger partial charge on any atom is -0.358 e. The first-order valence-corrected chi connectivity index (χ1v) is 16.3. The summed E-state index contributed by atoms with van der Waals surface area (Å²) in [4.78, 5) is 0.464. The molecule has 2 aromatic carbocycles. The summed E-state index contributed by atoms with van der Waals surface area (Å²) < 4.78 is 60.6. The molecule has 220 valence electrons. The van der Waals surface area contributed by atoms with E-state index in [1.807, 2.05) is 0 Å². The van der Waals surface area contributed by atoms with Crippen molar-refractivity contribution in [3.8, 4) is 82.9 Å². The van der Waals surface area contributed by atoms with Crippen molar-refractivity contribution in [2.24, 2.45) is 0 Å². The molecule has 2 fully saturated rings. The molecule has 0 saturated carbocycles. The third-order valence-corrected chi connectivity index (χ3v) is 10.1. The van der Waals surface area contributed by atoms with Crippen LogP contribution in [0.3, 0.4) is 0 Å². The maximum atomic E-state index is 13.1. The van der Waals surface area contributed by atoms with Gasteiger partial charge >= 0.3 is 0 Å². The summed E-state index contributed by atoms with van der Waals surface area (Å²) in [6, 6.07) is 16.5. The number of nitrogens with zero attached hydrogens (tertiary/aromatic N) is 2. The van der Waals surface area contributed by atoms with Crippen LogP contribution < -0.4 is 0 Å². The smallest absolute Gasteiger partial charge is 0.245 e. The summed E-state index contributed by atoms with van der Waals surface area (Å²) in [7, 11) is -7.32. The van der Waals surface area contributed by atoms with E-state index in [1.165, 1.54) is 8.61 Å². The van der Waals surface area contributed by atoms with E-state index in [-0.39, 0.29) is 29.4 Å². The molecule has 2 aliphatic heterocycles. The Hall–Kier alpha value is -4.86. The molecule has 0 N–H and O–H groups in total. The molecule has 0 amide bonds. The molecule has 9 heteroatoms. The summed E-state index contributed by atoms with van der Waals surface area (Å²) in [5, 5.41) is 0. The van der Waals surface area contributed by atoms with Crippen LogP contribution in [0.2, 0.25) is 0 Å². The average molecular weight is 621 g/mol. The van der Waals surface area contributed by atoms with Gasteiger partial charge in [0.2, 0.25) is 20.0 Å². The van der Waals surface area contributed by atoms with E-state index >= 15 is 0 Å². The molecule has 7 nitrogen and oxygen atoms in total. The van der Waals surface area contributed by atoms with Gasteiger partial charge in [0, 0.05) is 32.5 Å². The summed E-state index contributed by atoms with van der Waals surface area (Å²) in [6.07, 6.45) is 0.594. The summed E-state index contributed by atoms with van der Waals surface area (Å²) in [5.74, 6) is 35.6. The highest BCUT2D eigenvalue weighted by atomic mass is 32.2. The number of piperidine rings is 1. The molecular weight excluding hydrogens is 593 g/mol. The van der Waals surface area contributed by atoms with E-state index in [1.54, 1.807) is 74.5 Å². The number of rotatable bonds is 4. The monoisotopic (exact) mass is 620 g/mol. The van der Waals surface area contributed by atoms with Gasteiger partial charge in [-0.3, -0.25) is 0 Å². The predicted octanol–water partition coefficient (Wildman–Crippen LogP) is 2.94. The van der Waals surface area contributed by atoms with Crippen LogP contribution in [0.25, 0.3) is 0 Å². The normalized spacial score (nSPS) is 14.9. The fourth-order valence-corrected chi connectivity index (χ4v) is 7.51. The Labute approximate surface area is 261 Å². The lowest BCUT2D eigenvalue weighted by Crippen LogP contribution is -2.55.